The number of carbonyl (C=O) groups is 1. The summed E-state index contributed by atoms with van der Waals surface area (Å²) in [7, 11) is 0. The van der Waals surface area contributed by atoms with Crippen LogP contribution in [0.15, 0.2) is 22.7 Å². The van der Waals surface area contributed by atoms with E-state index < -0.39 is 0 Å². The summed E-state index contributed by atoms with van der Waals surface area (Å²) in [6, 6.07) is 6.02. The molecular weight excluding hydrogens is 302 g/mol. The maximum Gasteiger partial charge on any atom is 0.217 e. The second kappa shape index (κ2) is 5.46. The van der Waals surface area contributed by atoms with Crippen LogP contribution in [0.4, 0.5) is 5.13 Å². The standard InChI is InChI=1S/C11H12BrN3OS/c12-7-3-4-9-8(6-7)15-11(17-9)14-5-1-2-10(13)16/h3-4,6H,1-2,5H2,(H2,13,16)(H,14,15). The van der Waals surface area contributed by atoms with Crippen molar-refractivity contribution in [3.05, 3.63) is 22.7 Å². The molecule has 1 aromatic heterocycles. The molecule has 0 aliphatic heterocycles. The second-order valence-electron chi connectivity index (χ2n) is 3.63. The molecule has 90 valence electrons. The number of nitrogens with zero attached hydrogens (tertiary/aromatic N) is 1. The van der Waals surface area contributed by atoms with Gasteiger partial charge in [0.15, 0.2) is 5.13 Å². The fraction of sp³-hybridized carbons (Fsp3) is 0.273. The molecule has 1 heterocycles. The van der Waals surface area contributed by atoms with Crippen LogP contribution in [0.3, 0.4) is 0 Å². The van der Waals surface area contributed by atoms with Crippen molar-refractivity contribution in [1.82, 2.24) is 4.98 Å². The lowest BCUT2D eigenvalue weighted by molar-refractivity contribution is -0.118. The number of nitrogens with one attached hydrogen (secondary N) is 1. The summed E-state index contributed by atoms with van der Waals surface area (Å²) in [5, 5.41) is 4.07. The molecule has 0 unspecified atom stereocenters. The van der Waals surface area contributed by atoms with Gasteiger partial charge in [-0.15, -0.1) is 0 Å². The van der Waals surface area contributed by atoms with Crippen molar-refractivity contribution in [3.63, 3.8) is 0 Å². The Labute approximate surface area is 111 Å². The third-order valence-electron chi connectivity index (χ3n) is 2.23. The van der Waals surface area contributed by atoms with Crippen LogP contribution >= 0.6 is 27.3 Å². The van der Waals surface area contributed by atoms with E-state index in [1.807, 2.05) is 18.2 Å². The number of hydrogen-bond acceptors (Lipinski definition) is 4. The average Bonchev–Trinajstić information content (AvgIpc) is 2.66. The van der Waals surface area contributed by atoms with E-state index in [9.17, 15) is 4.79 Å². The van der Waals surface area contributed by atoms with Crippen molar-refractivity contribution < 1.29 is 4.79 Å². The summed E-state index contributed by atoms with van der Waals surface area (Å²) >= 11 is 5.02. The van der Waals surface area contributed by atoms with E-state index in [-0.39, 0.29) is 5.91 Å². The molecule has 2 rings (SSSR count). The number of thiazole rings is 1. The average molecular weight is 314 g/mol. The first-order valence-electron chi connectivity index (χ1n) is 5.23. The summed E-state index contributed by atoms with van der Waals surface area (Å²) in [4.78, 5) is 15.0. The van der Waals surface area contributed by atoms with Gasteiger partial charge in [-0.1, -0.05) is 27.3 Å². The summed E-state index contributed by atoms with van der Waals surface area (Å²) in [5.74, 6) is -0.264. The van der Waals surface area contributed by atoms with E-state index in [0.29, 0.717) is 13.0 Å². The van der Waals surface area contributed by atoms with Crippen LogP contribution in [0, 0.1) is 0 Å². The van der Waals surface area contributed by atoms with E-state index in [4.69, 9.17) is 5.73 Å². The van der Waals surface area contributed by atoms with Gasteiger partial charge < -0.3 is 11.1 Å². The molecule has 0 aliphatic rings. The number of halogens is 1. The van der Waals surface area contributed by atoms with E-state index in [1.165, 1.54) is 0 Å². The van der Waals surface area contributed by atoms with Gasteiger partial charge in [0.2, 0.25) is 5.91 Å². The highest BCUT2D eigenvalue weighted by Crippen LogP contribution is 2.27. The quantitative estimate of drug-likeness (QED) is 0.834. The fourth-order valence-electron chi connectivity index (χ4n) is 1.43. The van der Waals surface area contributed by atoms with Crippen LogP contribution < -0.4 is 11.1 Å². The molecule has 6 heteroatoms. The molecule has 0 aliphatic carbocycles. The molecule has 17 heavy (non-hydrogen) atoms. The number of benzene rings is 1. The van der Waals surface area contributed by atoms with Gasteiger partial charge in [0.05, 0.1) is 10.2 Å². The maximum absolute atomic E-state index is 10.6. The molecule has 0 saturated carbocycles. The number of rotatable bonds is 5. The zero-order valence-electron chi connectivity index (χ0n) is 9.07. The van der Waals surface area contributed by atoms with Gasteiger partial charge in [0.1, 0.15) is 0 Å². The molecule has 1 aromatic carbocycles. The Hall–Kier alpha value is -1.14. The topological polar surface area (TPSA) is 68.0 Å². The Morgan fingerprint density at radius 1 is 1.53 bits per heavy atom. The highest BCUT2D eigenvalue weighted by Gasteiger charge is 2.03. The van der Waals surface area contributed by atoms with Gasteiger partial charge in [0.25, 0.3) is 0 Å². The molecule has 0 radical (unpaired) electrons. The van der Waals surface area contributed by atoms with Crippen molar-refractivity contribution in [2.24, 2.45) is 5.73 Å². The number of nitrogens with two attached hydrogens (primary N) is 1. The first kappa shape index (κ1) is 12.3. The van der Waals surface area contributed by atoms with Gasteiger partial charge in [-0.3, -0.25) is 4.79 Å². The molecule has 2 aromatic rings. The van der Waals surface area contributed by atoms with E-state index >= 15 is 0 Å². The van der Waals surface area contributed by atoms with Crippen molar-refractivity contribution in [2.45, 2.75) is 12.8 Å². The van der Waals surface area contributed by atoms with Gasteiger partial charge in [-0.25, -0.2) is 4.98 Å². The molecule has 0 fully saturated rings. The smallest absolute Gasteiger partial charge is 0.217 e. The first-order valence-corrected chi connectivity index (χ1v) is 6.84. The van der Waals surface area contributed by atoms with Gasteiger partial charge in [-0.05, 0) is 24.6 Å². The summed E-state index contributed by atoms with van der Waals surface area (Å²) < 4.78 is 2.17. The first-order chi connectivity index (χ1) is 8.15. The SMILES string of the molecule is NC(=O)CCCNc1nc2cc(Br)ccc2s1. The molecule has 3 N–H and O–H groups in total. The third kappa shape index (κ3) is 3.41. The largest absolute Gasteiger partial charge is 0.370 e. The van der Waals surface area contributed by atoms with E-state index in [0.717, 1.165) is 26.2 Å². The Kier molecular flexibility index (Phi) is 3.96. The Balaban J connectivity index is 1.97. The molecule has 0 bridgehead atoms. The summed E-state index contributed by atoms with van der Waals surface area (Å²) in [6.07, 6.45) is 1.14. The predicted octanol–water partition coefficient (Wildman–Crippen LogP) is 2.74. The lowest BCUT2D eigenvalue weighted by atomic mass is 10.3. The number of anilines is 1. The lowest BCUT2D eigenvalue weighted by Gasteiger charge is -1.99. The predicted molar refractivity (Wildman–Crippen MR) is 74.2 cm³/mol. The minimum atomic E-state index is -0.264. The number of amides is 1. The van der Waals surface area contributed by atoms with Crippen LogP contribution in [0.1, 0.15) is 12.8 Å². The van der Waals surface area contributed by atoms with Crippen LogP contribution in [0.5, 0.6) is 0 Å². The molecule has 1 amide bonds. The highest BCUT2D eigenvalue weighted by molar-refractivity contribution is 9.10. The monoisotopic (exact) mass is 313 g/mol. The molecule has 0 saturated heterocycles. The lowest BCUT2D eigenvalue weighted by Crippen LogP contribution is -2.12. The third-order valence-corrected chi connectivity index (χ3v) is 3.71. The highest BCUT2D eigenvalue weighted by atomic mass is 79.9. The number of hydrogen-bond donors (Lipinski definition) is 2. The van der Waals surface area contributed by atoms with Gasteiger partial charge in [-0.2, -0.15) is 0 Å². The maximum atomic E-state index is 10.6. The van der Waals surface area contributed by atoms with Crippen LogP contribution in [-0.2, 0) is 4.79 Å². The number of carbonyl (C=O) groups excluding carboxylic acids is 1. The minimum Gasteiger partial charge on any atom is -0.370 e. The number of primary amides is 1. The summed E-state index contributed by atoms with van der Waals surface area (Å²) in [6.45, 7) is 0.712. The summed E-state index contributed by atoms with van der Waals surface area (Å²) in [5.41, 5.74) is 6.04. The molecule has 0 spiro atoms. The van der Waals surface area contributed by atoms with Crippen molar-refractivity contribution in [2.75, 3.05) is 11.9 Å². The van der Waals surface area contributed by atoms with Crippen LogP contribution in [-0.4, -0.2) is 17.4 Å². The van der Waals surface area contributed by atoms with Gasteiger partial charge in [0, 0.05) is 17.4 Å². The van der Waals surface area contributed by atoms with Crippen LogP contribution in [0.25, 0.3) is 10.2 Å². The van der Waals surface area contributed by atoms with Crippen molar-refractivity contribution in [3.8, 4) is 0 Å². The fourth-order valence-corrected chi connectivity index (χ4v) is 2.65. The van der Waals surface area contributed by atoms with Crippen molar-refractivity contribution >= 4 is 48.5 Å². The molecular formula is C11H12BrN3OS. The minimum absolute atomic E-state index is 0.264. The molecule has 4 nitrogen and oxygen atoms in total. The van der Waals surface area contributed by atoms with Crippen LogP contribution in [0.2, 0.25) is 0 Å². The van der Waals surface area contributed by atoms with Crippen molar-refractivity contribution in [1.29, 1.82) is 0 Å². The second-order valence-corrected chi connectivity index (χ2v) is 5.57. The zero-order valence-corrected chi connectivity index (χ0v) is 11.5. The zero-order chi connectivity index (χ0) is 12.3. The Bertz CT molecular complexity index is 540. The number of fused-ring (bicyclic) bond motifs is 1. The van der Waals surface area contributed by atoms with E-state index in [1.54, 1.807) is 11.3 Å². The normalized spacial score (nSPS) is 10.6. The molecule has 0 atom stereocenters. The van der Waals surface area contributed by atoms with E-state index in [2.05, 4.69) is 26.2 Å². The Morgan fingerprint density at radius 3 is 3.12 bits per heavy atom. The Morgan fingerprint density at radius 2 is 2.35 bits per heavy atom. The number of aromatic nitrogens is 1. The van der Waals surface area contributed by atoms with Gasteiger partial charge >= 0.3 is 0 Å².